The van der Waals surface area contributed by atoms with Crippen molar-refractivity contribution in [3.05, 3.63) is 69.7 Å². The summed E-state index contributed by atoms with van der Waals surface area (Å²) in [6.45, 7) is 1.87. The normalized spacial score (nSPS) is 13.7. The van der Waals surface area contributed by atoms with Crippen LogP contribution in [0.15, 0.2) is 48.5 Å². The molecule has 0 aliphatic heterocycles. The first-order valence-corrected chi connectivity index (χ1v) is 7.48. The molecule has 0 bridgehead atoms. The summed E-state index contributed by atoms with van der Waals surface area (Å²) in [6.07, 6.45) is 0.775. The number of hydrogen-bond donors (Lipinski definition) is 1. The standard InChI is InChI=1S/C17H16Cl2O2/c1-2-17(16(20)21,13-8-4-3-5-9-13)11-12-7-6-10-14(18)15(12)19/h3-10H,2,11H2,1H3,(H,20,21). The highest BCUT2D eigenvalue weighted by Gasteiger charge is 2.39. The Morgan fingerprint density at radius 2 is 1.76 bits per heavy atom. The maximum Gasteiger partial charge on any atom is 0.314 e. The van der Waals surface area contributed by atoms with Crippen LogP contribution < -0.4 is 0 Å². The fourth-order valence-corrected chi connectivity index (χ4v) is 2.94. The second-order valence-corrected chi connectivity index (χ2v) is 5.78. The van der Waals surface area contributed by atoms with Gasteiger partial charge in [0, 0.05) is 0 Å². The van der Waals surface area contributed by atoms with Gasteiger partial charge in [0.15, 0.2) is 0 Å². The number of benzene rings is 2. The van der Waals surface area contributed by atoms with Gasteiger partial charge in [0.2, 0.25) is 0 Å². The van der Waals surface area contributed by atoms with Gasteiger partial charge < -0.3 is 5.11 Å². The zero-order valence-electron chi connectivity index (χ0n) is 11.6. The summed E-state index contributed by atoms with van der Waals surface area (Å²) < 4.78 is 0. The Bertz CT molecular complexity index is 640. The number of carbonyl (C=O) groups is 1. The molecule has 2 rings (SSSR count). The Balaban J connectivity index is 2.52. The molecule has 0 amide bonds. The van der Waals surface area contributed by atoms with E-state index in [1.165, 1.54) is 0 Å². The first-order valence-electron chi connectivity index (χ1n) is 6.73. The van der Waals surface area contributed by atoms with E-state index in [9.17, 15) is 9.90 Å². The number of carboxylic acid groups (broad SMARTS) is 1. The second-order valence-electron chi connectivity index (χ2n) is 5.00. The molecule has 0 aliphatic rings. The summed E-state index contributed by atoms with van der Waals surface area (Å²) >= 11 is 12.3. The lowest BCUT2D eigenvalue weighted by molar-refractivity contribution is -0.144. The van der Waals surface area contributed by atoms with Gasteiger partial charge in [0.1, 0.15) is 0 Å². The highest BCUT2D eigenvalue weighted by Crippen LogP contribution is 2.36. The van der Waals surface area contributed by atoms with Crippen molar-refractivity contribution in [2.24, 2.45) is 0 Å². The van der Waals surface area contributed by atoms with Gasteiger partial charge >= 0.3 is 5.97 Å². The molecule has 0 spiro atoms. The lowest BCUT2D eigenvalue weighted by atomic mass is 9.73. The molecule has 1 N–H and O–H groups in total. The lowest BCUT2D eigenvalue weighted by Gasteiger charge is -2.29. The quantitative estimate of drug-likeness (QED) is 0.843. The van der Waals surface area contributed by atoms with Gasteiger partial charge in [-0.2, -0.15) is 0 Å². The van der Waals surface area contributed by atoms with Crippen LogP contribution in [0, 0.1) is 0 Å². The molecule has 4 heteroatoms. The lowest BCUT2D eigenvalue weighted by Crippen LogP contribution is -2.37. The molecule has 1 unspecified atom stereocenters. The topological polar surface area (TPSA) is 37.3 Å². The first kappa shape index (κ1) is 15.9. The summed E-state index contributed by atoms with van der Waals surface area (Å²) in [5.74, 6) is -0.854. The first-order chi connectivity index (χ1) is 10.0. The molecule has 0 aromatic heterocycles. The number of aliphatic carboxylic acids is 1. The van der Waals surface area contributed by atoms with Crippen LogP contribution in [0.2, 0.25) is 10.0 Å². The van der Waals surface area contributed by atoms with E-state index in [0.29, 0.717) is 22.9 Å². The molecule has 21 heavy (non-hydrogen) atoms. The number of carboxylic acids is 1. The molecular weight excluding hydrogens is 307 g/mol. The fraction of sp³-hybridized carbons (Fsp3) is 0.235. The van der Waals surface area contributed by atoms with Crippen molar-refractivity contribution in [1.29, 1.82) is 0 Å². The van der Waals surface area contributed by atoms with Gasteiger partial charge in [-0.3, -0.25) is 4.79 Å². The molecule has 0 saturated heterocycles. The molecule has 0 heterocycles. The third-order valence-corrected chi connectivity index (χ3v) is 4.72. The minimum Gasteiger partial charge on any atom is -0.481 e. The minimum atomic E-state index is -1.00. The predicted molar refractivity (Wildman–Crippen MR) is 86.2 cm³/mol. The average molecular weight is 323 g/mol. The molecule has 0 radical (unpaired) electrons. The number of halogens is 2. The van der Waals surface area contributed by atoms with Crippen molar-refractivity contribution in [2.75, 3.05) is 0 Å². The highest BCUT2D eigenvalue weighted by molar-refractivity contribution is 6.42. The Labute approximate surface area is 134 Å². The van der Waals surface area contributed by atoms with Crippen LogP contribution in [0.5, 0.6) is 0 Å². The molecule has 2 aromatic carbocycles. The van der Waals surface area contributed by atoms with Crippen molar-refractivity contribution in [3.8, 4) is 0 Å². The van der Waals surface area contributed by atoms with Crippen molar-refractivity contribution >= 4 is 29.2 Å². The average Bonchev–Trinajstić information content (AvgIpc) is 2.49. The Kier molecular flexibility index (Phi) is 4.92. The van der Waals surface area contributed by atoms with Crippen LogP contribution >= 0.6 is 23.2 Å². The molecule has 0 saturated carbocycles. The third-order valence-electron chi connectivity index (χ3n) is 3.86. The molecule has 1 atom stereocenters. The van der Waals surface area contributed by atoms with E-state index in [2.05, 4.69) is 0 Å². The van der Waals surface area contributed by atoms with Crippen LogP contribution in [0.4, 0.5) is 0 Å². The van der Waals surface area contributed by atoms with Gasteiger partial charge in [-0.05, 0) is 30.0 Å². The monoisotopic (exact) mass is 322 g/mol. The van der Waals surface area contributed by atoms with E-state index in [0.717, 1.165) is 11.1 Å². The predicted octanol–water partition coefficient (Wildman–Crippen LogP) is 4.97. The molecule has 2 nitrogen and oxygen atoms in total. The maximum absolute atomic E-state index is 12.0. The Morgan fingerprint density at radius 3 is 2.33 bits per heavy atom. The summed E-state index contributed by atoms with van der Waals surface area (Å²) in [5.41, 5.74) is 0.517. The van der Waals surface area contributed by atoms with Gasteiger partial charge in [-0.15, -0.1) is 0 Å². The van der Waals surface area contributed by atoms with E-state index in [-0.39, 0.29) is 0 Å². The van der Waals surface area contributed by atoms with E-state index >= 15 is 0 Å². The summed E-state index contributed by atoms with van der Waals surface area (Å²) in [7, 11) is 0. The van der Waals surface area contributed by atoms with Crippen LogP contribution in [-0.4, -0.2) is 11.1 Å². The Hall–Kier alpha value is -1.51. The van der Waals surface area contributed by atoms with Crippen molar-refractivity contribution < 1.29 is 9.90 Å². The van der Waals surface area contributed by atoms with Gasteiger partial charge in [0.25, 0.3) is 0 Å². The summed E-state index contributed by atoms with van der Waals surface area (Å²) in [4.78, 5) is 12.0. The maximum atomic E-state index is 12.0. The summed E-state index contributed by atoms with van der Waals surface area (Å²) in [6, 6.07) is 14.6. The highest BCUT2D eigenvalue weighted by atomic mass is 35.5. The van der Waals surface area contributed by atoms with E-state index < -0.39 is 11.4 Å². The zero-order valence-corrected chi connectivity index (χ0v) is 13.2. The smallest absolute Gasteiger partial charge is 0.314 e. The molecule has 110 valence electrons. The van der Waals surface area contributed by atoms with Crippen molar-refractivity contribution in [3.63, 3.8) is 0 Å². The largest absolute Gasteiger partial charge is 0.481 e. The molecular formula is C17H16Cl2O2. The van der Waals surface area contributed by atoms with Crippen LogP contribution in [0.3, 0.4) is 0 Å². The van der Waals surface area contributed by atoms with Crippen molar-refractivity contribution in [1.82, 2.24) is 0 Å². The van der Waals surface area contributed by atoms with E-state index in [1.54, 1.807) is 12.1 Å². The molecule has 0 aliphatic carbocycles. The molecule has 0 fully saturated rings. The Morgan fingerprint density at radius 1 is 1.10 bits per heavy atom. The number of rotatable bonds is 5. The fourth-order valence-electron chi connectivity index (χ4n) is 2.55. The van der Waals surface area contributed by atoms with Crippen LogP contribution in [-0.2, 0) is 16.6 Å². The van der Waals surface area contributed by atoms with Gasteiger partial charge in [-0.25, -0.2) is 0 Å². The number of hydrogen-bond acceptors (Lipinski definition) is 1. The molecule has 2 aromatic rings. The van der Waals surface area contributed by atoms with E-state index in [4.69, 9.17) is 23.2 Å². The minimum absolute atomic E-state index is 0.308. The van der Waals surface area contributed by atoms with Crippen LogP contribution in [0.1, 0.15) is 24.5 Å². The zero-order chi connectivity index (χ0) is 15.5. The van der Waals surface area contributed by atoms with Gasteiger partial charge in [-0.1, -0.05) is 72.6 Å². The second kappa shape index (κ2) is 6.50. The van der Waals surface area contributed by atoms with Crippen LogP contribution in [0.25, 0.3) is 0 Å². The van der Waals surface area contributed by atoms with Crippen molar-refractivity contribution in [2.45, 2.75) is 25.2 Å². The summed E-state index contributed by atoms with van der Waals surface area (Å²) in [5, 5.41) is 10.7. The van der Waals surface area contributed by atoms with Gasteiger partial charge in [0.05, 0.1) is 15.5 Å². The van der Waals surface area contributed by atoms with E-state index in [1.807, 2.05) is 43.3 Å². The third kappa shape index (κ3) is 3.07. The SMILES string of the molecule is CCC(Cc1cccc(Cl)c1Cl)(C(=O)O)c1ccccc1.